The minimum atomic E-state index is -0.483. The number of nitrogens with two attached hydrogens (primary N) is 1. The number of carbonyl (C=O) groups excluding carboxylic acids is 1. The third-order valence-electron chi connectivity index (χ3n) is 3.90. The molecule has 0 bridgehead atoms. The van der Waals surface area contributed by atoms with E-state index in [2.05, 4.69) is 17.1 Å². The summed E-state index contributed by atoms with van der Waals surface area (Å²) in [5.41, 5.74) is 6.72. The van der Waals surface area contributed by atoms with Crippen LogP contribution in [0, 0.1) is 5.92 Å². The van der Waals surface area contributed by atoms with Gasteiger partial charge in [0, 0.05) is 18.8 Å². The molecule has 1 aliphatic heterocycles. The summed E-state index contributed by atoms with van der Waals surface area (Å²) in [4.78, 5) is 13.5. The summed E-state index contributed by atoms with van der Waals surface area (Å²) >= 11 is 6.13. The fourth-order valence-corrected chi connectivity index (χ4v) is 2.96. The van der Waals surface area contributed by atoms with Crippen molar-refractivity contribution < 1.29 is 4.79 Å². The molecule has 20 heavy (non-hydrogen) atoms. The first-order valence-corrected chi connectivity index (χ1v) is 7.54. The van der Waals surface area contributed by atoms with Gasteiger partial charge in [-0.3, -0.25) is 4.79 Å². The molecule has 0 saturated carbocycles. The number of anilines is 1. The van der Waals surface area contributed by atoms with Crippen molar-refractivity contribution in [1.29, 1.82) is 0 Å². The monoisotopic (exact) mass is 295 g/mol. The number of hydrogen-bond donors (Lipinski definition) is 2. The van der Waals surface area contributed by atoms with Crippen molar-refractivity contribution in [3.05, 3.63) is 28.8 Å². The van der Waals surface area contributed by atoms with Gasteiger partial charge in [-0.1, -0.05) is 11.6 Å². The summed E-state index contributed by atoms with van der Waals surface area (Å²) in [6.45, 7) is 6.30. The maximum absolute atomic E-state index is 11.2. The Morgan fingerprint density at radius 3 is 2.70 bits per heavy atom. The number of rotatable bonds is 5. The van der Waals surface area contributed by atoms with Gasteiger partial charge in [-0.25, -0.2) is 0 Å². The second-order valence-electron chi connectivity index (χ2n) is 5.26. The number of primary amides is 1. The molecule has 1 aromatic rings. The van der Waals surface area contributed by atoms with Crippen LogP contribution in [-0.4, -0.2) is 32.1 Å². The Kier molecular flexibility index (Phi) is 5.26. The molecule has 0 atom stereocenters. The van der Waals surface area contributed by atoms with E-state index in [1.54, 1.807) is 6.07 Å². The van der Waals surface area contributed by atoms with Crippen molar-refractivity contribution in [1.82, 2.24) is 5.32 Å². The van der Waals surface area contributed by atoms with Crippen LogP contribution in [0.2, 0.25) is 5.02 Å². The van der Waals surface area contributed by atoms with Crippen LogP contribution in [-0.2, 0) is 0 Å². The SMILES string of the molecule is CCN(CC1CCNCC1)c1ccc(C(N)=O)c(Cl)c1. The fraction of sp³-hybridized carbons (Fsp3) is 0.533. The molecule has 2 rings (SSSR count). The van der Waals surface area contributed by atoms with E-state index in [4.69, 9.17) is 17.3 Å². The van der Waals surface area contributed by atoms with E-state index in [1.165, 1.54) is 12.8 Å². The van der Waals surface area contributed by atoms with Crippen molar-refractivity contribution >= 4 is 23.2 Å². The lowest BCUT2D eigenvalue weighted by Gasteiger charge is -2.31. The number of piperidine rings is 1. The number of nitrogens with zero attached hydrogens (tertiary/aromatic N) is 1. The van der Waals surface area contributed by atoms with E-state index >= 15 is 0 Å². The van der Waals surface area contributed by atoms with Gasteiger partial charge >= 0.3 is 0 Å². The van der Waals surface area contributed by atoms with Gasteiger partial charge in [0.05, 0.1) is 10.6 Å². The standard InChI is InChI=1S/C15H22ClN3O/c1-2-19(10-11-5-7-18-8-6-11)12-3-4-13(15(17)20)14(16)9-12/h3-4,9,11,18H,2,5-8,10H2,1H3,(H2,17,20). The molecule has 1 saturated heterocycles. The first-order valence-electron chi connectivity index (χ1n) is 7.16. The van der Waals surface area contributed by atoms with Gasteiger partial charge in [-0.2, -0.15) is 0 Å². The number of benzene rings is 1. The zero-order valence-corrected chi connectivity index (χ0v) is 12.6. The Morgan fingerprint density at radius 2 is 2.15 bits per heavy atom. The molecule has 0 aromatic heterocycles. The highest BCUT2D eigenvalue weighted by atomic mass is 35.5. The Morgan fingerprint density at radius 1 is 1.45 bits per heavy atom. The molecule has 1 fully saturated rings. The molecule has 0 spiro atoms. The molecule has 0 unspecified atom stereocenters. The van der Waals surface area contributed by atoms with E-state index < -0.39 is 5.91 Å². The second kappa shape index (κ2) is 6.95. The van der Waals surface area contributed by atoms with Crippen LogP contribution >= 0.6 is 11.6 Å². The van der Waals surface area contributed by atoms with Crippen molar-refractivity contribution in [3.63, 3.8) is 0 Å². The lowest BCUT2D eigenvalue weighted by atomic mass is 9.97. The van der Waals surface area contributed by atoms with Gasteiger partial charge < -0.3 is 16.0 Å². The van der Waals surface area contributed by atoms with Crippen LogP contribution in [0.15, 0.2) is 18.2 Å². The van der Waals surface area contributed by atoms with Crippen LogP contribution in [0.5, 0.6) is 0 Å². The zero-order chi connectivity index (χ0) is 14.5. The van der Waals surface area contributed by atoms with Crippen LogP contribution in [0.4, 0.5) is 5.69 Å². The van der Waals surface area contributed by atoms with Gasteiger partial charge in [-0.15, -0.1) is 0 Å². The molecule has 110 valence electrons. The molecule has 1 amide bonds. The lowest BCUT2D eigenvalue weighted by Crippen LogP contribution is -2.36. The van der Waals surface area contributed by atoms with Crippen molar-refractivity contribution in [2.24, 2.45) is 11.7 Å². The van der Waals surface area contributed by atoms with Gasteiger partial charge in [0.1, 0.15) is 0 Å². The highest BCUT2D eigenvalue weighted by Gasteiger charge is 2.17. The highest BCUT2D eigenvalue weighted by Crippen LogP contribution is 2.25. The third-order valence-corrected chi connectivity index (χ3v) is 4.22. The highest BCUT2D eigenvalue weighted by molar-refractivity contribution is 6.34. The van der Waals surface area contributed by atoms with E-state index in [1.807, 2.05) is 12.1 Å². The predicted octanol–water partition coefficient (Wildman–Crippen LogP) is 2.26. The normalized spacial score (nSPS) is 16.1. The summed E-state index contributed by atoms with van der Waals surface area (Å²) in [5.74, 6) is 0.230. The zero-order valence-electron chi connectivity index (χ0n) is 11.9. The van der Waals surface area contributed by atoms with Gasteiger partial charge in [0.15, 0.2) is 0 Å². The van der Waals surface area contributed by atoms with Crippen LogP contribution in [0.1, 0.15) is 30.1 Å². The summed E-state index contributed by atoms with van der Waals surface area (Å²) in [5, 5.41) is 3.81. The van der Waals surface area contributed by atoms with Gasteiger partial charge in [-0.05, 0) is 57.0 Å². The predicted molar refractivity (Wildman–Crippen MR) is 83.5 cm³/mol. The average Bonchev–Trinajstić information content (AvgIpc) is 2.45. The molecule has 3 N–H and O–H groups in total. The van der Waals surface area contributed by atoms with E-state index in [-0.39, 0.29) is 0 Å². The summed E-state index contributed by atoms with van der Waals surface area (Å²) in [6, 6.07) is 5.48. The topological polar surface area (TPSA) is 58.4 Å². The summed E-state index contributed by atoms with van der Waals surface area (Å²) in [6.07, 6.45) is 2.42. The molecule has 0 radical (unpaired) electrons. The molecule has 5 heteroatoms. The largest absolute Gasteiger partial charge is 0.371 e. The fourth-order valence-electron chi connectivity index (χ4n) is 2.69. The van der Waals surface area contributed by atoms with Crippen LogP contribution in [0.25, 0.3) is 0 Å². The number of nitrogens with one attached hydrogen (secondary N) is 1. The quantitative estimate of drug-likeness (QED) is 0.876. The van der Waals surface area contributed by atoms with E-state index in [9.17, 15) is 4.79 Å². The minimum Gasteiger partial charge on any atom is -0.371 e. The Bertz CT molecular complexity index is 472. The summed E-state index contributed by atoms with van der Waals surface area (Å²) < 4.78 is 0. The lowest BCUT2D eigenvalue weighted by molar-refractivity contribution is 0.100. The van der Waals surface area contributed by atoms with Crippen LogP contribution in [0.3, 0.4) is 0 Å². The Hall–Kier alpha value is -1.26. The van der Waals surface area contributed by atoms with Crippen LogP contribution < -0.4 is 16.0 Å². The molecule has 1 heterocycles. The Labute approximate surface area is 125 Å². The van der Waals surface area contributed by atoms with Gasteiger partial charge in [0.2, 0.25) is 5.91 Å². The Balaban J connectivity index is 2.10. The molecular formula is C15H22ClN3O. The summed E-state index contributed by atoms with van der Waals surface area (Å²) in [7, 11) is 0. The first-order chi connectivity index (χ1) is 9.61. The maximum Gasteiger partial charge on any atom is 0.250 e. The molecule has 4 nitrogen and oxygen atoms in total. The molecule has 1 aromatic carbocycles. The molecular weight excluding hydrogens is 274 g/mol. The molecule has 1 aliphatic rings. The van der Waals surface area contributed by atoms with Crippen molar-refractivity contribution in [3.8, 4) is 0 Å². The molecule has 0 aliphatic carbocycles. The minimum absolute atomic E-state index is 0.383. The van der Waals surface area contributed by atoms with Crippen molar-refractivity contribution in [2.75, 3.05) is 31.1 Å². The number of amides is 1. The first kappa shape index (κ1) is 15.1. The van der Waals surface area contributed by atoms with E-state index in [0.29, 0.717) is 16.5 Å². The van der Waals surface area contributed by atoms with Crippen molar-refractivity contribution in [2.45, 2.75) is 19.8 Å². The maximum atomic E-state index is 11.2. The van der Waals surface area contributed by atoms with E-state index in [0.717, 1.165) is 31.9 Å². The number of halogens is 1. The number of hydrogen-bond acceptors (Lipinski definition) is 3. The second-order valence-corrected chi connectivity index (χ2v) is 5.67. The van der Waals surface area contributed by atoms with Gasteiger partial charge in [0.25, 0.3) is 0 Å². The smallest absolute Gasteiger partial charge is 0.250 e. The third kappa shape index (κ3) is 3.64. The number of carbonyl (C=O) groups is 1. The average molecular weight is 296 g/mol.